The van der Waals surface area contributed by atoms with Crippen molar-refractivity contribution in [3.63, 3.8) is 0 Å². The number of hydrogen-bond acceptors (Lipinski definition) is 6. The summed E-state index contributed by atoms with van der Waals surface area (Å²) >= 11 is 18.9. The number of hydrogen-bond donors (Lipinski definition) is 0. The third kappa shape index (κ3) is 6.48. The number of ether oxygens (including phenoxy) is 2. The van der Waals surface area contributed by atoms with E-state index in [-0.39, 0.29) is 31.4 Å². The smallest absolute Gasteiger partial charge is 0.307 e. The Morgan fingerprint density at radius 1 is 1.16 bits per heavy atom. The summed E-state index contributed by atoms with van der Waals surface area (Å²) in [6.07, 6.45) is 2.64. The van der Waals surface area contributed by atoms with Crippen LogP contribution in [0.25, 0.3) is 6.08 Å². The summed E-state index contributed by atoms with van der Waals surface area (Å²) in [4.78, 5) is 26.3. The van der Waals surface area contributed by atoms with Gasteiger partial charge in [0.25, 0.3) is 5.91 Å². The molecule has 0 radical (unpaired) electrons. The topological polar surface area (TPSA) is 55.8 Å². The number of thiocarbonyl (C=S) groups is 1. The zero-order valence-electron chi connectivity index (χ0n) is 17.3. The predicted octanol–water partition coefficient (Wildman–Crippen LogP) is 6.12. The first-order chi connectivity index (χ1) is 15.4. The molecule has 2 aromatic rings. The average Bonchev–Trinajstić information content (AvgIpc) is 3.03. The van der Waals surface area contributed by atoms with Gasteiger partial charge in [-0.25, -0.2) is 0 Å². The number of thioether (sulfide) groups is 1. The highest BCUT2D eigenvalue weighted by Crippen LogP contribution is 2.33. The molecule has 3 rings (SSSR count). The zero-order valence-corrected chi connectivity index (χ0v) is 20.5. The van der Waals surface area contributed by atoms with Crippen LogP contribution in [0.3, 0.4) is 0 Å². The van der Waals surface area contributed by atoms with Gasteiger partial charge in [0.15, 0.2) is 0 Å². The molecule has 1 aliphatic heterocycles. The maximum Gasteiger partial charge on any atom is 0.307 e. The van der Waals surface area contributed by atoms with Crippen LogP contribution in [-0.4, -0.2) is 34.2 Å². The Labute approximate surface area is 206 Å². The maximum atomic E-state index is 12.7. The second kappa shape index (κ2) is 11.7. The Balaban J connectivity index is 1.59. The normalized spacial score (nSPS) is 14.8. The fourth-order valence-corrected chi connectivity index (χ4v) is 4.64. The molecular weight excluding hydrogens is 489 g/mol. The van der Waals surface area contributed by atoms with Gasteiger partial charge in [-0.1, -0.05) is 72.3 Å². The van der Waals surface area contributed by atoms with Gasteiger partial charge in [0, 0.05) is 22.2 Å². The molecule has 9 heteroatoms. The van der Waals surface area contributed by atoms with Crippen molar-refractivity contribution in [3.05, 3.63) is 68.5 Å². The average molecular weight is 510 g/mol. The summed E-state index contributed by atoms with van der Waals surface area (Å²) in [5.74, 6) is 0.104. The molecule has 1 aliphatic rings. The molecule has 1 saturated heterocycles. The second-order valence-electron chi connectivity index (χ2n) is 6.86. The van der Waals surface area contributed by atoms with E-state index in [9.17, 15) is 9.59 Å². The fourth-order valence-electron chi connectivity index (χ4n) is 2.82. The number of amides is 1. The number of halogens is 2. The highest BCUT2D eigenvalue weighted by Gasteiger charge is 2.32. The first-order valence-electron chi connectivity index (χ1n) is 9.95. The lowest BCUT2D eigenvalue weighted by atomic mass is 10.2. The highest BCUT2D eigenvalue weighted by atomic mass is 35.5. The van der Waals surface area contributed by atoms with Gasteiger partial charge in [-0.15, -0.1) is 0 Å². The number of rotatable bonds is 9. The molecule has 0 unspecified atom stereocenters. The van der Waals surface area contributed by atoms with Crippen LogP contribution in [0.2, 0.25) is 10.0 Å². The van der Waals surface area contributed by atoms with E-state index >= 15 is 0 Å². The number of benzene rings is 2. The molecular formula is C23H21Cl2NO4S2. The van der Waals surface area contributed by atoms with Gasteiger partial charge in [-0.05, 0) is 42.3 Å². The van der Waals surface area contributed by atoms with Crippen LogP contribution >= 0.6 is 47.2 Å². The molecule has 168 valence electrons. The van der Waals surface area contributed by atoms with Crippen molar-refractivity contribution >= 4 is 69.5 Å². The first-order valence-corrected chi connectivity index (χ1v) is 11.9. The summed E-state index contributed by atoms with van der Waals surface area (Å²) in [7, 11) is 0. The van der Waals surface area contributed by atoms with Crippen molar-refractivity contribution in [2.24, 2.45) is 0 Å². The number of nitrogens with zero attached hydrogens (tertiary/aromatic N) is 1. The van der Waals surface area contributed by atoms with E-state index < -0.39 is 0 Å². The Morgan fingerprint density at radius 2 is 1.84 bits per heavy atom. The predicted molar refractivity (Wildman–Crippen MR) is 133 cm³/mol. The van der Waals surface area contributed by atoms with Crippen LogP contribution in [0, 0.1) is 0 Å². The lowest BCUT2D eigenvalue weighted by molar-refractivity contribution is -0.143. The van der Waals surface area contributed by atoms with Crippen LogP contribution in [0.15, 0.2) is 47.4 Å². The molecule has 32 heavy (non-hydrogen) atoms. The van der Waals surface area contributed by atoms with Crippen molar-refractivity contribution in [2.75, 3.05) is 13.2 Å². The zero-order chi connectivity index (χ0) is 23.1. The molecule has 0 atom stereocenters. The quantitative estimate of drug-likeness (QED) is 0.230. The Hall–Kier alpha value is -2.06. The molecule has 2 aromatic carbocycles. The molecule has 0 bridgehead atoms. The van der Waals surface area contributed by atoms with Gasteiger partial charge in [0.2, 0.25) is 0 Å². The van der Waals surface area contributed by atoms with E-state index in [0.717, 1.165) is 17.5 Å². The van der Waals surface area contributed by atoms with E-state index in [0.29, 0.717) is 31.6 Å². The van der Waals surface area contributed by atoms with Gasteiger partial charge in [-0.2, -0.15) is 0 Å². The Kier molecular flexibility index (Phi) is 8.99. The van der Waals surface area contributed by atoms with E-state index in [1.807, 2.05) is 19.1 Å². The first kappa shape index (κ1) is 24.6. The number of carbonyl (C=O) groups excluding carboxylic acids is 2. The van der Waals surface area contributed by atoms with Crippen molar-refractivity contribution < 1.29 is 19.1 Å². The van der Waals surface area contributed by atoms with Crippen molar-refractivity contribution in [1.29, 1.82) is 0 Å². The van der Waals surface area contributed by atoms with Crippen molar-refractivity contribution in [1.82, 2.24) is 4.90 Å². The third-order valence-corrected chi connectivity index (χ3v) is 6.59. The van der Waals surface area contributed by atoms with Gasteiger partial charge >= 0.3 is 5.97 Å². The summed E-state index contributed by atoms with van der Waals surface area (Å²) < 4.78 is 11.3. The molecule has 0 aromatic heterocycles. The molecule has 1 heterocycles. The highest BCUT2D eigenvalue weighted by molar-refractivity contribution is 8.26. The third-order valence-electron chi connectivity index (χ3n) is 4.50. The fraction of sp³-hybridized carbons (Fsp3) is 0.261. The van der Waals surface area contributed by atoms with E-state index in [1.165, 1.54) is 16.7 Å². The number of esters is 1. The van der Waals surface area contributed by atoms with E-state index in [2.05, 4.69) is 0 Å². The monoisotopic (exact) mass is 509 g/mol. The molecule has 0 N–H and O–H groups in total. The van der Waals surface area contributed by atoms with Gasteiger partial charge in [-0.3, -0.25) is 14.5 Å². The van der Waals surface area contributed by atoms with Crippen molar-refractivity contribution in [2.45, 2.75) is 26.4 Å². The van der Waals surface area contributed by atoms with Gasteiger partial charge in [0.05, 0.1) is 17.9 Å². The van der Waals surface area contributed by atoms with Crippen LogP contribution in [-0.2, 0) is 20.9 Å². The SMILES string of the molecule is CCCOC(=O)CCN1C(=O)/C(=C/c2ccc(OCc3c(Cl)cccc3Cl)cc2)SC1=S. The Bertz CT molecular complexity index is 1020. The lowest BCUT2D eigenvalue weighted by Gasteiger charge is -2.13. The van der Waals surface area contributed by atoms with Gasteiger partial charge in [0.1, 0.15) is 16.7 Å². The maximum absolute atomic E-state index is 12.7. The van der Waals surface area contributed by atoms with Crippen molar-refractivity contribution in [3.8, 4) is 5.75 Å². The van der Waals surface area contributed by atoms with Crippen LogP contribution in [0.4, 0.5) is 0 Å². The minimum Gasteiger partial charge on any atom is -0.489 e. The molecule has 0 aliphatic carbocycles. The Morgan fingerprint density at radius 3 is 2.50 bits per heavy atom. The summed E-state index contributed by atoms with van der Waals surface area (Å²) in [6, 6.07) is 12.6. The van der Waals surface area contributed by atoms with Crippen LogP contribution in [0.1, 0.15) is 30.9 Å². The summed E-state index contributed by atoms with van der Waals surface area (Å²) in [5, 5.41) is 1.10. The second-order valence-corrected chi connectivity index (χ2v) is 9.35. The minimum absolute atomic E-state index is 0.112. The lowest BCUT2D eigenvalue weighted by Crippen LogP contribution is -2.30. The molecule has 1 amide bonds. The molecule has 1 fully saturated rings. The molecule has 0 saturated carbocycles. The number of carbonyl (C=O) groups is 2. The van der Waals surface area contributed by atoms with Crippen LogP contribution in [0.5, 0.6) is 5.75 Å². The van der Waals surface area contributed by atoms with E-state index in [1.54, 1.807) is 36.4 Å². The largest absolute Gasteiger partial charge is 0.489 e. The summed E-state index contributed by atoms with van der Waals surface area (Å²) in [6.45, 7) is 2.76. The van der Waals surface area contributed by atoms with Gasteiger partial charge < -0.3 is 9.47 Å². The molecule has 5 nitrogen and oxygen atoms in total. The summed E-state index contributed by atoms with van der Waals surface area (Å²) in [5.41, 5.74) is 1.55. The standard InChI is InChI=1S/C23H21Cl2NO4S2/c1-2-12-29-21(27)10-11-26-22(28)20(32-23(26)31)13-15-6-8-16(9-7-15)30-14-17-18(24)4-3-5-19(17)25/h3-9,13H,2,10-12,14H2,1H3/b20-13-. The minimum atomic E-state index is -0.335. The van der Waals surface area contributed by atoms with Crippen LogP contribution < -0.4 is 4.74 Å². The molecule has 0 spiro atoms. The van der Waals surface area contributed by atoms with E-state index in [4.69, 9.17) is 44.9 Å².